The van der Waals surface area contributed by atoms with Crippen LogP contribution in [0.15, 0.2) is 17.3 Å². The number of nitrogens with zero attached hydrogens (tertiary/aromatic N) is 3. The minimum atomic E-state index is -4.54. The van der Waals surface area contributed by atoms with Gasteiger partial charge >= 0.3 is 12.1 Å². The molecule has 1 saturated heterocycles. The molecule has 1 saturated carbocycles. The molecular formula is C20H29F3N5O+. The SMILES string of the molecule is CC(=N)N=C([OH2+])c1cc(C(F)(F)F)cnc1N1CCC(NC2CCCCC2)CC1. The molecule has 160 valence electrons. The number of halogens is 3. The van der Waals surface area contributed by atoms with Gasteiger partial charge in [-0.3, -0.25) is 5.41 Å². The molecule has 0 amide bonds. The van der Waals surface area contributed by atoms with Gasteiger partial charge in [-0.05, 0) is 38.7 Å². The van der Waals surface area contributed by atoms with Crippen LogP contribution in [0.4, 0.5) is 19.0 Å². The van der Waals surface area contributed by atoms with Gasteiger partial charge in [-0.25, -0.2) is 4.98 Å². The number of rotatable bonds is 4. The highest BCUT2D eigenvalue weighted by molar-refractivity contribution is 6.03. The maximum atomic E-state index is 13.1. The first-order valence-corrected chi connectivity index (χ1v) is 10.2. The molecule has 0 spiro atoms. The van der Waals surface area contributed by atoms with Gasteiger partial charge in [0.05, 0.1) is 5.56 Å². The first kappa shape index (κ1) is 21.5. The number of aromatic nitrogens is 1. The fourth-order valence-corrected chi connectivity index (χ4v) is 4.13. The van der Waals surface area contributed by atoms with Crippen LogP contribution >= 0.6 is 0 Å². The van der Waals surface area contributed by atoms with Crippen molar-refractivity contribution in [2.24, 2.45) is 4.99 Å². The molecule has 3 rings (SSSR count). The number of hydrogen-bond acceptors (Lipinski definition) is 4. The fraction of sp³-hybridized carbons (Fsp3) is 0.650. The lowest BCUT2D eigenvalue weighted by Gasteiger charge is -2.36. The standard InChI is InChI=1S/C20H28F3N5O/c1-13(24)26-19(29)17-11-14(20(21,22)23)12-25-18(17)28-9-7-16(8-10-28)27-15-5-3-2-4-6-15/h11-12,15-16,27H,2-10H2,1H3,(H2,24,26,29)/p+1. The molecular weight excluding hydrogens is 383 g/mol. The summed E-state index contributed by atoms with van der Waals surface area (Å²) >= 11 is 0. The van der Waals surface area contributed by atoms with Gasteiger partial charge in [-0.1, -0.05) is 19.3 Å². The Morgan fingerprint density at radius 3 is 2.38 bits per heavy atom. The van der Waals surface area contributed by atoms with Crippen LogP contribution < -0.4 is 10.2 Å². The molecule has 0 atom stereocenters. The zero-order valence-corrected chi connectivity index (χ0v) is 16.6. The highest BCUT2D eigenvalue weighted by atomic mass is 19.4. The van der Waals surface area contributed by atoms with Crippen molar-refractivity contribution in [1.82, 2.24) is 10.3 Å². The lowest BCUT2D eigenvalue weighted by molar-refractivity contribution is -0.137. The summed E-state index contributed by atoms with van der Waals surface area (Å²) in [5.41, 5.74) is -0.891. The number of hydrogen-bond donors (Lipinski definition) is 2. The van der Waals surface area contributed by atoms with Crippen molar-refractivity contribution in [1.29, 1.82) is 5.41 Å². The average Bonchev–Trinajstić information content (AvgIpc) is 2.68. The van der Waals surface area contributed by atoms with Crippen molar-refractivity contribution >= 4 is 17.6 Å². The summed E-state index contributed by atoms with van der Waals surface area (Å²) in [5.74, 6) is -0.161. The van der Waals surface area contributed by atoms with E-state index in [9.17, 15) is 13.2 Å². The van der Waals surface area contributed by atoms with Gasteiger partial charge in [0.15, 0.2) is 0 Å². The first-order valence-electron chi connectivity index (χ1n) is 10.2. The van der Waals surface area contributed by atoms with Gasteiger partial charge in [0.25, 0.3) is 0 Å². The average molecular weight is 412 g/mol. The number of alkyl halides is 3. The van der Waals surface area contributed by atoms with Crippen LogP contribution in [0, 0.1) is 5.41 Å². The van der Waals surface area contributed by atoms with Gasteiger partial charge in [-0.15, -0.1) is 0 Å². The summed E-state index contributed by atoms with van der Waals surface area (Å²) in [5, 5.41) is 19.3. The van der Waals surface area contributed by atoms with Crippen molar-refractivity contribution in [2.45, 2.75) is 70.1 Å². The Kier molecular flexibility index (Phi) is 6.77. The number of amidine groups is 1. The maximum Gasteiger partial charge on any atom is 0.417 e. The van der Waals surface area contributed by atoms with E-state index in [0.717, 1.165) is 25.1 Å². The summed E-state index contributed by atoms with van der Waals surface area (Å²) < 4.78 is 39.4. The van der Waals surface area contributed by atoms with E-state index in [2.05, 4.69) is 15.3 Å². The lowest BCUT2D eigenvalue weighted by Crippen LogP contribution is -2.47. The molecule has 0 radical (unpaired) electrons. The van der Waals surface area contributed by atoms with E-state index in [1.807, 2.05) is 4.90 Å². The van der Waals surface area contributed by atoms with Gasteiger partial charge in [0, 0.05) is 31.4 Å². The second-order valence-electron chi connectivity index (χ2n) is 7.90. The highest BCUT2D eigenvalue weighted by Crippen LogP contribution is 2.32. The highest BCUT2D eigenvalue weighted by Gasteiger charge is 2.34. The summed E-state index contributed by atoms with van der Waals surface area (Å²) in [6.07, 6.45) is 4.32. The largest absolute Gasteiger partial charge is 0.578 e. The normalized spacial score (nSPS) is 20.1. The van der Waals surface area contributed by atoms with Gasteiger partial charge in [0.2, 0.25) is 0 Å². The Morgan fingerprint density at radius 2 is 1.79 bits per heavy atom. The Hall–Kier alpha value is -2.16. The van der Waals surface area contributed by atoms with Crippen molar-refractivity contribution in [3.63, 3.8) is 0 Å². The van der Waals surface area contributed by atoms with Gasteiger partial charge in [-0.2, -0.15) is 18.2 Å². The molecule has 1 aliphatic carbocycles. The molecule has 0 bridgehead atoms. The third-order valence-electron chi connectivity index (χ3n) is 5.60. The van der Waals surface area contributed by atoms with Crippen molar-refractivity contribution in [2.75, 3.05) is 18.0 Å². The number of pyridine rings is 1. The Morgan fingerprint density at radius 1 is 1.17 bits per heavy atom. The van der Waals surface area contributed by atoms with E-state index in [4.69, 9.17) is 10.5 Å². The van der Waals surface area contributed by atoms with Crippen LogP contribution in [-0.4, -0.2) is 47.0 Å². The zero-order valence-electron chi connectivity index (χ0n) is 16.6. The smallest absolute Gasteiger partial charge is 0.417 e. The molecule has 0 aromatic carbocycles. The monoisotopic (exact) mass is 412 g/mol. The zero-order chi connectivity index (χ0) is 21.0. The van der Waals surface area contributed by atoms with E-state index >= 15 is 0 Å². The quantitative estimate of drug-likeness (QED) is 0.451. The molecule has 29 heavy (non-hydrogen) atoms. The summed E-state index contributed by atoms with van der Waals surface area (Å²) in [7, 11) is 0. The molecule has 9 heteroatoms. The topological polar surface area (TPSA) is 87.3 Å². The maximum absolute atomic E-state index is 13.1. The fourth-order valence-electron chi connectivity index (χ4n) is 4.13. The van der Waals surface area contributed by atoms with Crippen molar-refractivity contribution in [3.05, 3.63) is 23.4 Å². The van der Waals surface area contributed by atoms with Crippen LogP contribution in [0.5, 0.6) is 0 Å². The molecule has 2 fully saturated rings. The number of anilines is 1. The second-order valence-corrected chi connectivity index (χ2v) is 7.90. The lowest BCUT2D eigenvalue weighted by atomic mass is 9.93. The molecule has 2 aliphatic rings. The van der Waals surface area contributed by atoms with Gasteiger partial charge in [0.1, 0.15) is 17.2 Å². The Labute approximate surface area is 168 Å². The molecule has 6 nitrogen and oxygen atoms in total. The van der Waals surface area contributed by atoms with E-state index in [1.165, 1.54) is 39.0 Å². The van der Waals surface area contributed by atoms with Crippen LogP contribution in [0.3, 0.4) is 0 Å². The van der Waals surface area contributed by atoms with Gasteiger partial charge < -0.3 is 15.3 Å². The minimum absolute atomic E-state index is 0.0186. The molecule has 4 N–H and O–H groups in total. The van der Waals surface area contributed by atoms with E-state index in [0.29, 0.717) is 31.0 Å². The number of aliphatic imine (C=N–C) groups is 1. The molecule has 0 unspecified atom stereocenters. The molecule has 1 aliphatic heterocycles. The third kappa shape index (κ3) is 5.68. The predicted octanol–water partition coefficient (Wildman–Crippen LogP) is 3.46. The van der Waals surface area contributed by atoms with E-state index < -0.39 is 11.7 Å². The van der Waals surface area contributed by atoms with E-state index in [-0.39, 0.29) is 17.3 Å². The summed E-state index contributed by atoms with van der Waals surface area (Å²) in [6, 6.07) is 1.89. The molecule has 1 aromatic heterocycles. The van der Waals surface area contributed by atoms with Crippen LogP contribution in [0.1, 0.15) is 63.0 Å². The summed E-state index contributed by atoms with van der Waals surface area (Å²) in [6.45, 7) is 2.71. The first-order chi connectivity index (χ1) is 13.7. The second kappa shape index (κ2) is 9.11. The molecule has 1 aromatic rings. The number of piperidine rings is 1. The van der Waals surface area contributed by atoms with Crippen LogP contribution in [-0.2, 0) is 6.18 Å². The number of nitrogens with one attached hydrogen (secondary N) is 2. The molecule has 2 heterocycles. The van der Waals surface area contributed by atoms with Crippen molar-refractivity contribution < 1.29 is 18.3 Å². The third-order valence-corrected chi connectivity index (χ3v) is 5.60. The van der Waals surface area contributed by atoms with Crippen LogP contribution in [0.2, 0.25) is 0 Å². The van der Waals surface area contributed by atoms with Crippen molar-refractivity contribution in [3.8, 4) is 0 Å². The minimum Gasteiger partial charge on any atom is -0.578 e. The Bertz CT molecular complexity index is 751. The Balaban J connectivity index is 1.75. The van der Waals surface area contributed by atoms with Crippen LogP contribution in [0.25, 0.3) is 0 Å². The van der Waals surface area contributed by atoms with E-state index in [1.54, 1.807) is 0 Å². The summed E-state index contributed by atoms with van der Waals surface area (Å²) in [4.78, 5) is 9.72. The predicted molar refractivity (Wildman–Crippen MR) is 108 cm³/mol.